The molecule has 0 nitrogen and oxygen atoms in total. The summed E-state index contributed by atoms with van der Waals surface area (Å²) in [6.07, 6.45) is 15.9. The summed E-state index contributed by atoms with van der Waals surface area (Å²) in [7, 11) is 0. The molecular weight excluding hydrogens is 204 g/mol. The van der Waals surface area contributed by atoms with Crippen LogP contribution < -0.4 is 0 Å². The van der Waals surface area contributed by atoms with Crippen LogP contribution in [-0.4, -0.2) is 0 Å². The van der Waals surface area contributed by atoms with Crippen LogP contribution in [0, 0.1) is 5.92 Å². The van der Waals surface area contributed by atoms with Gasteiger partial charge in [0.15, 0.2) is 0 Å². The number of hydrogen-bond donors (Lipinski definition) is 0. The van der Waals surface area contributed by atoms with Crippen LogP contribution in [0.15, 0.2) is 34.9 Å². The molecule has 17 heavy (non-hydrogen) atoms. The summed E-state index contributed by atoms with van der Waals surface area (Å²) in [4.78, 5) is 0. The summed E-state index contributed by atoms with van der Waals surface area (Å²) >= 11 is 0. The van der Waals surface area contributed by atoms with Gasteiger partial charge in [-0.3, -0.25) is 0 Å². The van der Waals surface area contributed by atoms with E-state index in [0.717, 1.165) is 5.92 Å². The number of hydrogen-bond acceptors (Lipinski definition) is 0. The predicted molar refractivity (Wildman–Crippen MR) is 73.9 cm³/mol. The molecular formula is C17H24. The van der Waals surface area contributed by atoms with E-state index in [0.29, 0.717) is 0 Å². The standard InChI is InChI=1S/C17H24/c1-2-6-13-9-5-10-16-11-14-7-3-4-8-15(14)12-17(13)16/h2,13H,1,3-12H2. The summed E-state index contributed by atoms with van der Waals surface area (Å²) in [5.41, 5.74) is 7.31. The van der Waals surface area contributed by atoms with Crippen molar-refractivity contribution >= 4 is 0 Å². The minimum Gasteiger partial charge on any atom is -0.103 e. The van der Waals surface area contributed by atoms with Gasteiger partial charge in [-0.05, 0) is 70.1 Å². The van der Waals surface area contributed by atoms with E-state index in [1.54, 1.807) is 0 Å². The predicted octanol–water partition coefficient (Wildman–Crippen LogP) is 5.32. The average Bonchev–Trinajstić information content (AvgIpc) is 2.37. The number of allylic oxidation sites excluding steroid dienone is 5. The van der Waals surface area contributed by atoms with Crippen molar-refractivity contribution in [2.45, 2.75) is 64.2 Å². The van der Waals surface area contributed by atoms with Gasteiger partial charge in [0.05, 0.1) is 0 Å². The van der Waals surface area contributed by atoms with Gasteiger partial charge in [-0.25, -0.2) is 0 Å². The van der Waals surface area contributed by atoms with Crippen LogP contribution in [0.4, 0.5) is 0 Å². The van der Waals surface area contributed by atoms with Gasteiger partial charge in [0.25, 0.3) is 0 Å². The molecule has 0 saturated heterocycles. The zero-order chi connectivity index (χ0) is 11.7. The molecule has 0 aromatic heterocycles. The Morgan fingerprint density at radius 2 is 1.65 bits per heavy atom. The summed E-state index contributed by atoms with van der Waals surface area (Å²) in [6, 6.07) is 0. The fourth-order valence-electron chi connectivity index (χ4n) is 4.06. The molecule has 1 atom stereocenters. The smallest absolute Gasteiger partial charge is 0.01000 e. The molecule has 0 heterocycles. The fraction of sp³-hybridized carbons (Fsp3) is 0.647. The van der Waals surface area contributed by atoms with E-state index in [-0.39, 0.29) is 0 Å². The lowest BCUT2D eigenvalue weighted by molar-refractivity contribution is 0.470. The van der Waals surface area contributed by atoms with Crippen LogP contribution in [0.5, 0.6) is 0 Å². The van der Waals surface area contributed by atoms with Gasteiger partial charge in [-0.15, -0.1) is 6.58 Å². The van der Waals surface area contributed by atoms with Crippen LogP contribution in [0.1, 0.15) is 64.2 Å². The second kappa shape index (κ2) is 4.84. The lowest BCUT2D eigenvalue weighted by Crippen LogP contribution is -2.18. The van der Waals surface area contributed by atoms with E-state index in [4.69, 9.17) is 0 Å². The van der Waals surface area contributed by atoms with Crippen molar-refractivity contribution in [1.29, 1.82) is 0 Å². The fourth-order valence-corrected chi connectivity index (χ4v) is 4.06. The first-order chi connectivity index (χ1) is 8.38. The molecule has 3 aliphatic rings. The Kier molecular flexibility index (Phi) is 3.22. The molecule has 92 valence electrons. The average molecular weight is 228 g/mol. The van der Waals surface area contributed by atoms with Crippen molar-refractivity contribution in [3.05, 3.63) is 34.9 Å². The van der Waals surface area contributed by atoms with Crippen molar-refractivity contribution in [3.8, 4) is 0 Å². The van der Waals surface area contributed by atoms with E-state index in [1.165, 1.54) is 64.2 Å². The summed E-state index contributed by atoms with van der Waals surface area (Å²) in [6.45, 7) is 3.94. The lowest BCUT2D eigenvalue weighted by atomic mass is 9.70. The van der Waals surface area contributed by atoms with E-state index in [2.05, 4.69) is 12.7 Å². The molecule has 3 rings (SSSR count). The van der Waals surface area contributed by atoms with Gasteiger partial charge in [-0.2, -0.15) is 0 Å². The van der Waals surface area contributed by atoms with Gasteiger partial charge in [0.2, 0.25) is 0 Å². The third-order valence-corrected chi connectivity index (χ3v) is 4.97. The maximum atomic E-state index is 3.94. The van der Waals surface area contributed by atoms with Gasteiger partial charge >= 0.3 is 0 Å². The third-order valence-electron chi connectivity index (χ3n) is 4.97. The largest absolute Gasteiger partial charge is 0.103 e. The van der Waals surface area contributed by atoms with Crippen molar-refractivity contribution in [3.63, 3.8) is 0 Å². The van der Waals surface area contributed by atoms with Crippen LogP contribution in [-0.2, 0) is 0 Å². The first kappa shape index (κ1) is 11.3. The SMILES string of the molecule is C=CCC1CCCC2=C1CC1=C(CCCC1)C2. The van der Waals surface area contributed by atoms with Gasteiger partial charge in [0, 0.05) is 0 Å². The van der Waals surface area contributed by atoms with Gasteiger partial charge < -0.3 is 0 Å². The molecule has 0 bridgehead atoms. The minimum atomic E-state index is 0.840. The lowest BCUT2D eigenvalue weighted by Gasteiger charge is -2.35. The quantitative estimate of drug-likeness (QED) is 0.561. The first-order valence-corrected chi connectivity index (χ1v) is 7.40. The zero-order valence-corrected chi connectivity index (χ0v) is 10.9. The minimum absolute atomic E-state index is 0.840. The van der Waals surface area contributed by atoms with Gasteiger partial charge in [-0.1, -0.05) is 28.4 Å². The Morgan fingerprint density at radius 3 is 2.41 bits per heavy atom. The normalized spacial score (nSPS) is 28.8. The highest BCUT2D eigenvalue weighted by Crippen LogP contribution is 2.46. The molecule has 3 aliphatic carbocycles. The highest BCUT2D eigenvalue weighted by atomic mass is 14.3. The molecule has 0 aliphatic heterocycles. The molecule has 0 spiro atoms. The molecule has 0 aromatic rings. The Morgan fingerprint density at radius 1 is 0.941 bits per heavy atom. The van der Waals surface area contributed by atoms with Crippen molar-refractivity contribution in [1.82, 2.24) is 0 Å². The highest BCUT2D eigenvalue weighted by molar-refractivity contribution is 5.38. The zero-order valence-electron chi connectivity index (χ0n) is 10.9. The molecule has 0 fully saturated rings. The molecule has 0 radical (unpaired) electrons. The Hall–Kier alpha value is -0.780. The van der Waals surface area contributed by atoms with E-state index in [1.807, 2.05) is 22.3 Å². The summed E-state index contributed by atoms with van der Waals surface area (Å²) < 4.78 is 0. The maximum Gasteiger partial charge on any atom is -0.01000 e. The molecule has 0 amide bonds. The van der Waals surface area contributed by atoms with Crippen LogP contribution in [0.3, 0.4) is 0 Å². The van der Waals surface area contributed by atoms with Crippen molar-refractivity contribution in [2.24, 2.45) is 5.92 Å². The van der Waals surface area contributed by atoms with Crippen molar-refractivity contribution in [2.75, 3.05) is 0 Å². The molecule has 1 unspecified atom stereocenters. The highest BCUT2D eigenvalue weighted by Gasteiger charge is 2.28. The number of rotatable bonds is 2. The van der Waals surface area contributed by atoms with Gasteiger partial charge in [0.1, 0.15) is 0 Å². The second-order valence-electron chi connectivity index (χ2n) is 6.01. The molecule has 0 heteroatoms. The summed E-state index contributed by atoms with van der Waals surface area (Å²) in [5.74, 6) is 0.840. The Bertz CT molecular complexity index is 381. The summed E-state index contributed by atoms with van der Waals surface area (Å²) in [5, 5.41) is 0. The first-order valence-electron chi connectivity index (χ1n) is 7.40. The van der Waals surface area contributed by atoms with Crippen LogP contribution in [0.25, 0.3) is 0 Å². The Labute approximate surface area is 105 Å². The van der Waals surface area contributed by atoms with E-state index in [9.17, 15) is 0 Å². The third kappa shape index (κ3) is 2.14. The second-order valence-corrected chi connectivity index (χ2v) is 6.01. The molecule has 0 aromatic carbocycles. The maximum absolute atomic E-state index is 3.94. The monoisotopic (exact) mass is 228 g/mol. The van der Waals surface area contributed by atoms with E-state index >= 15 is 0 Å². The topological polar surface area (TPSA) is 0 Å². The molecule has 0 saturated carbocycles. The van der Waals surface area contributed by atoms with Crippen LogP contribution in [0.2, 0.25) is 0 Å². The van der Waals surface area contributed by atoms with Crippen LogP contribution >= 0.6 is 0 Å². The molecule has 0 N–H and O–H groups in total. The van der Waals surface area contributed by atoms with Crippen molar-refractivity contribution < 1.29 is 0 Å². The Balaban J connectivity index is 1.83. The van der Waals surface area contributed by atoms with E-state index < -0.39 is 0 Å².